The molecule has 220 valence electrons. The molecule has 0 radical (unpaired) electrons. The highest BCUT2D eigenvalue weighted by Gasteiger charge is 2.77. The summed E-state index contributed by atoms with van der Waals surface area (Å²) in [4.78, 5) is 62.8. The number of carbonyl (C=O) groups excluding carboxylic acids is 5. The molecule has 0 unspecified atom stereocenters. The highest BCUT2D eigenvalue weighted by molar-refractivity contribution is 6.01. The van der Waals surface area contributed by atoms with Gasteiger partial charge in [0.05, 0.1) is 26.1 Å². The topological polar surface area (TPSA) is 133 Å². The predicted molar refractivity (Wildman–Crippen MR) is 139 cm³/mol. The molecule has 1 N–H and O–H groups in total. The molecular weight excluding hydrogens is 523 g/mol. The molecule has 0 saturated heterocycles. The van der Waals surface area contributed by atoms with Gasteiger partial charge in [0.2, 0.25) is 5.78 Å². The number of alkyl halides is 1. The first-order valence-electron chi connectivity index (χ1n) is 14.0. The smallest absolute Gasteiger partial charge is 0.307 e. The van der Waals surface area contributed by atoms with Gasteiger partial charge in [0, 0.05) is 29.1 Å². The van der Waals surface area contributed by atoms with E-state index in [4.69, 9.17) is 9.47 Å². The van der Waals surface area contributed by atoms with Gasteiger partial charge in [-0.05, 0) is 50.7 Å². The summed E-state index contributed by atoms with van der Waals surface area (Å²) in [6.07, 6.45) is 3.17. The lowest BCUT2D eigenvalue weighted by Gasteiger charge is -2.62. The molecule has 3 saturated carbocycles. The number of rotatable bonds is 8. The number of fused-ring (bicyclic) bond motifs is 5. The predicted octanol–water partition coefficient (Wildman–Crippen LogP) is 3.36. The Morgan fingerprint density at radius 2 is 1.77 bits per heavy atom. The second-order valence-corrected chi connectivity index (χ2v) is 12.1. The van der Waals surface area contributed by atoms with Crippen LogP contribution in [0.5, 0.6) is 0 Å². The Kier molecular flexibility index (Phi) is 7.90. The fraction of sp³-hybridized carbons (Fsp3) is 0.700. The van der Waals surface area contributed by atoms with Gasteiger partial charge in [-0.2, -0.15) is 0 Å². The average Bonchev–Trinajstić information content (AvgIpc) is 3.13. The lowest BCUT2D eigenvalue weighted by atomic mass is 9.44. The maximum absolute atomic E-state index is 17.5. The fourth-order valence-corrected chi connectivity index (χ4v) is 8.29. The van der Waals surface area contributed by atoms with Crippen molar-refractivity contribution in [3.05, 3.63) is 23.8 Å². The van der Waals surface area contributed by atoms with E-state index in [2.05, 4.69) is 4.74 Å². The molecule has 40 heavy (non-hydrogen) atoms. The van der Waals surface area contributed by atoms with E-state index in [9.17, 15) is 29.1 Å². The van der Waals surface area contributed by atoms with Crippen LogP contribution in [0, 0.1) is 28.6 Å². The van der Waals surface area contributed by atoms with Crippen molar-refractivity contribution >= 4 is 29.5 Å². The largest absolute Gasteiger partial charge is 0.469 e. The number of Topliss-reactive ketones (excluding diaryl/α,β-unsaturated/α-hetero) is 1. The summed E-state index contributed by atoms with van der Waals surface area (Å²) in [5.41, 5.74) is -5.72. The number of methoxy groups -OCH3 is 1. The number of carbonyl (C=O) groups is 5. The van der Waals surface area contributed by atoms with E-state index in [-0.39, 0.29) is 31.5 Å². The summed E-state index contributed by atoms with van der Waals surface area (Å²) in [5.74, 6) is -4.66. The van der Waals surface area contributed by atoms with Crippen LogP contribution in [0.25, 0.3) is 0 Å². The molecule has 9 nitrogen and oxygen atoms in total. The number of halogens is 1. The number of ketones is 2. The number of aliphatic hydroxyl groups is 1. The van der Waals surface area contributed by atoms with Crippen molar-refractivity contribution in [2.45, 2.75) is 90.0 Å². The molecule has 10 heteroatoms. The van der Waals surface area contributed by atoms with Gasteiger partial charge in [0.25, 0.3) is 0 Å². The van der Waals surface area contributed by atoms with Gasteiger partial charge in [0.15, 0.2) is 23.7 Å². The van der Waals surface area contributed by atoms with Gasteiger partial charge in [-0.1, -0.05) is 32.4 Å². The molecule has 0 heterocycles. The van der Waals surface area contributed by atoms with Crippen LogP contribution in [0.4, 0.5) is 4.39 Å². The van der Waals surface area contributed by atoms with Crippen LogP contribution >= 0.6 is 0 Å². The van der Waals surface area contributed by atoms with E-state index in [0.717, 1.165) is 0 Å². The van der Waals surface area contributed by atoms with Gasteiger partial charge in [-0.15, -0.1) is 0 Å². The van der Waals surface area contributed by atoms with Crippen LogP contribution in [0.2, 0.25) is 0 Å². The third-order valence-electron chi connectivity index (χ3n) is 10.3. The molecule has 4 rings (SSSR count). The van der Waals surface area contributed by atoms with Crippen molar-refractivity contribution in [1.29, 1.82) is 0 Å². The SMILES string of the molecule is CCC(=O)OCC(=O)[C@@]1(OC(=O)CCC(=O)OC)[C@@H](C)C[C@H]2[C@@H]3CCC4=CC(=O)C=C[C@]4(C)[C@@]3(F)[C@@H](O)C[C@@]21C. The van der Waals surface area contributed by atoms with Crippen LogP contribution in [0.3, 0.4) is 0 Å². The zero-order valence-electron chi connectivity index (χ0n) is 23.8. The quantitative estimate of drug-likeness (QED) is 0.349. The molecule has 0 spiro atoms. The maximum atomic E-state index is 17.5. The summed E-state index contributed by atoms with van der Waals surface area (Å²) in [6, 6.07) is 0. The minimum Gasteiger partial charge on any atom is -0.469 e. The molecule has 0 amide bonds. The second kappa shape index (κ2) is 10.5. The number of hydrogen-bond acceptors (Lipinski definition) is 9. The van der Waals surface area contributed by atoms with Crippen LogP contribution < -0.4 is 0 Å². The Morgan fingerprint density at radius 1 is 1.10 bits per heavy atom. The number of esters is 3. The Balaban J connectivity index is 1.76. The molecular formula is C30H39FO9. The Bertz CT molecular complexity index is 1180. The monoisotopic (exact) mass is 562 g/mol. The summed E-state index contributed by atoms with van der Waals surface area (Å²) in [6.45, 7) is 6.14. The van der Waals surface area contributed by atoms with Crippen molar-refractivity contribution in [2.24, 2.45) is 28.6 Å². The van der Waals surface area contributed by atoms with Crippen molar-refractivity contribution < 1.29 is 47.7 Å². The zero-order valence-corrected chi connectivity index (χ0v) is 23.8. The molecule has 0 aromatic carbocycles. The first-order chi connectivity index (χ1) is 18.7. The third-order valence-corrected chi connectivity index (χ3v) is 10.3. The van der Waals surface area contributed by atoms with E-state index < -0.39 is 76.3 Å². The summed E-state index contributed by atoms with van der Waals surface area (Å²) in [7, 11) is 1.20. The number of aliphatic hydroxyl groups excluding tert-OH is 1. The molecule has 0 aromatic rings. The first kappa shape index (κ1) is 30.1. The molecule has 0 aromatic heterocycles. The highest BCUT2D eigenvalue weighted by atomic mass is 19.1. The molecule has 8 atom stereocenters. The van der Waals surface area contributed by atoms with E-state index in [1.807, 2.05) is 0 Å². The van der Waals surface area contributed by atoms with Crippen molar-refractivity contribution in [3.8, 4) is 0 Å². The van der Waals surface area contributed by atoms with Crippen molar-refractivity contribution in [3.63, 3.8) is 0 Å². The second-order valence-electron chi connectivity index (χ2n) is 12.1. The third kappa shape index (κ3) is 4.25. The molecule has 4 aliphatic carbocycles. The number of hydrogen-bond donors (Lipinski definition) is 1. The Labute approximate surface area is 233 Å². The molecule has 4 aliphatic rings. The molecule has 3 fully saturated rings. The van der Waals surface area contributed by atoms with Gasteiger partial charge in [0.1, 0.15) is 0 Å². The lowest BCUT2D eigenvalue weighted by Crippen LogP contribution is -2.70. The normalized spacial score (nSPS) is 39.8. The summed E-state index contributed by atoms with van der Waals surface area (Å²) in [5, 5.41) is 11.6. The minimum absolute atomic E-state index is 0.0459. The molecule has 0 aliphatic heterocycles. The van der Waals surface area contributed by atoms with Crippen LogP contribution in [-0.4, -0.2) is 65.7 Å². The number of ether oxygens (including phenoxy) is 3. The Hall–Kier alpha value is -2.88. The van der Waals surface area contributed by atoms with Gasteiger partial charge in [-0.25, -0.2) is 4.39 Å². The van der Waals surface area contributed by atoms with Crippen molar-refractivity contribution in [2.75, 3.05) is 13.7 Å². The van der Waals surface area contributed by atoms with Crippen molar-refractivity contribution in [1.82, 2.24) is 0 Å². The first-order valence-corrected chi connectivity index (χ1v) is 14.0. The zero-order chi connectivity index (χ0) is 29.7. The fourth-order valence-electron chi connectivity index (χ4n) is 8.29. The highest BCUT2D eigenvalue weighted by Crippen LogP contribution is 2.71. The number of allylic oxidation sites excluding steroid dienone is 4. The van der Waals surface area contributed by atoms with Crippen LogP contribution in [0.1, 0.15) is 72.6 Å². The lowest BCUT2D eigenvalue weighted by molar-refractivity contribution is -0.228. The van der Waals surface area contributed by atoms with E-state index in [0.29, 0.717) is 24.8 Å². The van der Waals surface area contributed by atoms with E-state index in [1.54, 1.807) is 33.8 Å². The average molecular weight is 563 g/mol. The van der Waals surface area contributed by atoms with Gasteiger partial charge in [-0.3, -0.25) is 24.0 Å². The standard InChI is InChI=1S/C30H39FO9/c1-6-24(35)39-16-23(34)30(40-26(37)10-9-25(36)38-5)17(2)13-21-20-8-7-18-14-19(32)11-12-27(18,3)29(20,31)22(33)15-28(21,30)4/h11-12,14,17,20-22,33H,6-10,13,15-16H2,1-5H3/t17-,20-,21-,22-,27-,28-,29-,30-/m0/s1. The van der Waals surface area contributed by atoms with Gasteiger partial charge < -0.3 is 19.3 Å². The minimum atomic E-state index is -2.12. The maximum Gasteiger partial charge on any atom is 0.307 e. The van der Waals surface area contributed by atoms with Crippen LogP contribution in [-0.2, 0) is 38.2 Å². The van der Waals surface area contributed by atoms with Crippen LogP contribution in [0.15, 0.2) is 23.8 Å². The Morgan fingerprint density at radius 3 is 2.42 bits per heavy atom. The van der Waals surface area contributed by atoms with Gasteiger partial charge >= 0.3 is 17.9 Å². The van der Waals surface area contributed by atoms with E-state index >= 15 is 4.39 Å². The summed E-state index contributed by atoms with van der Waals surface area (Å²) >= 11 is 0. The molecule has 0 bridgehead atoms. The summed E-state index contributed by atoms with van der Waals surface area (Å²) < 4.78 is 33.3. The van der Waals surface area contributed by atoms with E-state index in [1.165, 1.54) is 19.3 Å².